The van der Waals surface area contributed by atoms with Crippen molar-refractivity contribution in [2.75, 3.05) is 0 Å². The van der Waals surface area contributed by atoms with Crippen LogP contribution in [0.25, 0.3) is 65.4 Å². The average Bonchev–Trinajstić information content (AvgIpc) is 3.37. The third-order valence-corrected chi connectivity index (χ3v) is 5.87. The number of aromatic nitrogens is 3. The molecule has 3 N–H and O–H groups in total. The molecule has 0 spiro atoms. The van der Waals surface area contributed by atoms with Crippen molar-refractivity contribution in [1.29, 1.82) is 0 Å². The summed E-state index contributed by atoms with van der Waals surface area (Å²) in [5.41, 5.74) is 7.09. The molecule has 0 saturated carbocycles. The molecule has 0 amide bonds. The Balaban J connectivity index is 1.84. The molecule has 3 aromatic heterocycles. The minimum Gasteiger partial charge on any atom is -0.354 e. The molecule has 4 aromatic carbocycles. The lowest BCUT2D eigenvalue weighted by Gasteiger charge is -1.98. The van der Waals surface area contributed by atoms with Gasteiger partial charge >= 0.3 is 0 Å². The standard InChI is InChI=1S/C24H15N3/c1-3-7-16-13(5-1)14-9-10-20-23(24(14)27-16)22-19(26-20)12-11-18-21(22)15-6-2-4-8-17(15)25-18/h1-12,25-27H. The predicted molar refractivity (Wildman–Crippen MR) is 115 cm³/mol. The highest BCUT2D eigenvalue weighted by atomic mass is 14.8. The van der Waals surface area contributed by atoms with Gasteiger partial charge in [-0.3, -0.25) is 0 Å². The predicted octanol–water partition coefficient (Wildman–Crippen LogP) is 6.59. The molecule has 27 heavy (non-hydrogen) atoms. The number of hydrogen-bond acceptors (Lipinski definition) is 0. The van der Waals surface area contributed by atoms with Crippen LogP contribution in [-0.4, -0.2) is 15.0 Å². The molecule has 0 aliphatic heterocycles. The second-order valence-corrected chi connectivity index (χ2v) is 7.29. The van der Waals surface area contributed by atoms with E-state index in [1.807, 2.05) is 0 Å². The number of para-hydroxylation sites is 2. The van der Waals surface area contributed by atoms with Crippen LogP contribution in [0.3, 0.4) is 0 Å². The summed E-state index contributed by atoms with van der Waals surface area (Å²) < 4.78 is 0. The van der Waals surface area contributed by atoms with Crippen LogP contribution in [-0.2, 0) is 0 Å². The summed E-state index contributed by atoms with van der Waals surface area (Å²) in [6, 6.07) is 25.9. The maximum absolute atomic E-state index is 3.67. The zero-order chi connectivity index (χ0) is 17.5. The molecule has 7 rings (SSSR count). The molecule has 3 heterocycles. The van der Waals surface area contributed by atoms with Crippen LogP contribution in [0.1, 0.15) is 0 Å². The first kappa shape index (κ1) is 13.5. The van der Waals surface area contributed by atoms with Gasteiger partial charge in [0.2, 0.25) is 0 Å². The molecule has 3 nitrogen and oxygen atoms in total. The van der Waals surface area contributed by atoms with Crippen molar-refractivity contribution in [3.05, 3.63) is 72.8 Å². The lowest BCUT2D eigenvalue weighted by molar-refractivity contribution is 1.53. The second kappa shape index (κ2) is 4.51. The zero-order valence-electron chi connectivity index (χ0n) is 14.4. The van der Waals surface area contributed by atoms with Crippen molar-refractivity contribution in [3.63, 3.8) is 0 Å². The molecule has 0 atom stereocenters. The van der Waals surface area contributed by atoms with E-state index >= 15 is 0 Å². The first-order chi connectivity index (χ1) is 13.4. The molecule has 0 aliphatic carbocycles. The highest BCUT2D eigenvalue weighted by Gasteiger charge is 2.16. The van der Waals surface area contributed by atoms with Gasteiger partial charge in [-0.15, -0.1) is 0 Å². The molecular weight excluding hydrogens is 330 g/mol. The summed E-state index contributed by atoms with van der Waals surface area (Å²) >= 11 is 0. The van der Waals surface area contributed by atoms with Crippen LogP contribution in [0.2, 0.25) is 0 Å². The molecule has 0 bridgehead atoms. The summed E-state index contributed by atoms with van der Waals surface area (Å²) in [4.78, 5) is 10.9. The maximum atomic E-state index is 3.67. The number of rotatable bonds is 0. The van der Waals surface area contributed by atoms with Crippen LogP contribution in [0.4, 0.5) is 0 Å². The molecule has 7 aromatic rings. The average molecular weight is 345 g/mol. The summed E-state index contributed by atoms with van der Waals surface area (Å²) in [5, 5.41) is 7.67. The first-order valence-corrected chi connectivity index (χ1v) is 9.23. The lowest BCUT2D eigenvalue weighted by atomic mass is 10.0. The van der Waals surface area contributed by atoms with Crippen molar-refractivity contribution in [2.24, 2.45) is 0 Å². The van der Waals surface area contributed by atoms with Crippen molar-refractivity contribution in [3.8, 4) is 0 Å². The molecule has 0 aliphatic rings. The Hall–Kier alpha value is -3.72. The first-order valence-electron chi connectivity index (χ1n) is 9.23. The topological polar surface area (TPSA) is 47.4 Å². The van der Waals surface area contributed by atoms with Crippen LogP contribution < -0.4 is 0 Å². The van der Waals surface area contributed by atoms with Crippen LogP contribution >= 0.6 is 0 Å². The Kier molecular flexibility index (Phi) is 2.25. The van der Waals surface area contributed by atoms with Crippen molar-refractivity contribution in [1.82, 2.24) is 15.0 Å². The van der Waals surface area contributed by atoms with Gasteiger partial charge < -0.3 is 15.0 Å². The van der Waals surface area contributed by atoms with Gasteiger partial charge in [-0.1, -0.05) is 42.5 Å². The Labute approximate surface area is 153 Å². The van der Waals surface area contributed by atoms with Gasteiger partial charge in [-0.25, -0.2) is 0 Å². The highest BCUT2D eigenvalue weighted by Crippen LogP contribution is 2.40. The fourth-order valence-corrected chi connectivity index (χ4v) is 4.73. The van der Waals surface area contributed by atoms with Crippen LogP contribution in [0.15, 0.2) is 72.8 Å². The number of aromatic amines is 3. The number of nitrogens with one attached hydrogen (secondary N) is 3. The van der Waals surface area contributed by atoms with E-state index in [4.69, 9.17) is 0 Å². The van der Waals surface area contributed by atoms with Gasteiger partial charge in [0.1, 0.15) is 0 Å². The van der Waals surface area contributed by atoms with Gasteiger partial charge in [0, 0.05) is 59.9 Å². The van der Waals surface area contributed by atoms with E-state index in [9.17, 15) is 0 Å². The van der Waals surface area contributed by atoms with E-state index in [2.05, 4.69) is 87.7 Å². The van der Waals surface area contributed by atoms with Gasteiger partial charge in [0.05, 0.1) is 5.52 Å². The molecular formula is C24H15N3. The third kappa shape index (κ3) is 1.57. The minimum atomic E-state index is 1.17. The number of hydrogen-bond donors (Lipinski definition) is 3. The zero-order valence-corrected chi connectivity index (χ0v) is 14.4. The molecule has 0 unspecified atom stereocenters. The summed E-state index contributed by atoms with van der Waals surface area (Å²) in [7, 11) is 0. The Morgan fingerprint density at radius 3 is 1.81 bits per heavy atom. The Morgan fingerprint density at radius 1 is 0.370 bits per heavy atom. The number of benzene rings is 4. The summed E-state index contributed by atoms with van der Waals surface area (Å²) in [6.45, 7) is 0. The van der Waals surface area contributed by atoms with Gasteiger partial charge in [-0.05, 0) is 30.3 Å². The summed E-state index contributed by atoms with van der Waals surface area (Å²) in [6.07, 6.45) is 0. The molecule has 126 valence electrons. The largest absolute Gasteiger partial charge is 0.354 e. The fraction of sp³-hybridized carbons (Fsp3) is 0. The number of H-pyrrole nitrogens is 3. The fourth-order valence-electron chi connectivity index (χ4n) is 4.73. The lowest BCUT2D eigenvalue weighted by Crippen LogP contribution is -1.74. The van der Waals surface area contributed by atoms with Crippen molar-refractivity contribution in [2.45, 2.75) is 0 Å². The molecule has 0 saturated heterocycles. The normalized spacial score (nSPS) is 12.4. The van der Waals surface area contributed by atoms with E-state index < -0.39 is 0 Å². The van der Waals surface area contributed by atoms with E-state index in [0.717, 1.165) is 0 Å². The quantitative estimate of drug-likeness (QED) is 0.278. The second-order valence-electron chi connectivity index (χ2n) is 7.29. The SMILES string of the molecule is c1ccc2c(c1)[nH]c1c2ccc2[nH]c3ccc4[nH]c5ccccc5c4c3c21. The highest BCUT2D eigenvalue weighted by molar-refractivity contribution is 6.33. The van der Waals surface area contributed by atoms with E-state index in [-0.39, 0.29) is 0 Å². The van der Waals surface area contributed by atoms with Crippen molar-refractivity contribution >= 4 is 65.4 Å². The van der Waals surface area contributed by atoms with E-state index in [0.29, 0.717) is 0 Å². The third-order valence-electron chi connectivity index (χ3n) is 5.87. The van der Waals surface area contributed by atoms with Crippen LogP contribution in [0, 0.1) is 0 Å². The Morgan fingerprint density at radius 2 is 0.963 bits per heavy atom. The Bertz CT molecular complexity index is 1670. The van der Waals surface area contributed by atoms with E-state index in [1.54, 1.807) is 0 Å². The van der Waals surface area contributed by atoms with Gasteiger partial charge in [0.15, 0.2) is 0 Å². The monoisotopic (exact) mass is 345 g/mol. The van der Waals surface area contributed by atoms with Gasteiger partial charge in [0.25, 0.3) is 0 Å². The van der Waals surface area contributed by atoms with Crippen LogP contribution in [0.5, 0.6) is 0 Å². The minimum absolute atomic E-state index is 1.17. The number of fused-ring (bicyclic) bond motifs is 11. The van der Waals surface area contributed by atoms with Crippen molar-refractivity contribution < 1.29 is 0 Å². The molecule has 0 radical (unpaired) electrons. The smallest absolute Gasteiger partial charge is 0.0566 e. The maximum Gasteiger partial charge on any atom is 0.0566 e. The molecule has 0 fully saturated rings. The summed E-state index contributed by atoms with van der Waals surface area (Å²) in [5.74, 6) is 0. The van der Waals surface area contributed by atoms with E-state index in [1.165, 1.54) is 65.4 Å². The molecule has 3 heteroatoms. The van der Waals surface area contributed by atoms with Gasteiger partial charge in [-0.2, -0.15) is 0 Å².